The molecule has 0 aliphatic rings. The Kier molecular flexibility index (Phi) is 4.93. The van der Waals surface area contributed by atoms with Crippen LogP contribution in [0.15, 0.2) is 33.8 Å². The van der Waals surface area contributed by atoms with E-state index in [1.807, 2.05) is 30.4 Å². The van der Waals surface area contributed by atoms with E-state index in [1.165, 1.54) is 0 Å². The molecule has 2 heterocycles. The van der Waals surface area contributed by atoms with Gasteiger partial charge in [-0.2, -0.15) is 11.3 Å². The van der Waals surface area contributed by atoms with Gasteiger partial charge in [-0.1, -0.05) is 0 Å². The molecular weight excluding hydrogens is 286 g/mol. The van der Waals surface area contributed by atoms with E-state index in [0.717, 1.165) is 11.3 Å². The van der Waals surface area contributed by atoms with Crippen molar-refractivity contribution in [1.29, 1.82) is 0 Å². The molecule has 0 bridgehead atoms. The van der Waals surface area contributed by atoms with Gasteiger partial charge in [-0.25, -0.2) is 0 Å². The van der Waals surface area contributed by atoms with Gasteiger partial charge < -0.3 is 15.2 Å². The van der Waals surface area contributed by atoms with Crippen molar-refractivity contribution in [2.24, 2.45) is 0 Å². The molecule has 0 aliphatic heterocycles. The van der Waals surface area contributed by atoms with Crippen molar-refractivity contribution in [3.05, 3.63) is 56.1 Å². The third kappa shape index (κ3) is 3.80. The fourth-order valence-electron chi connectivity index (χ4n) is 2.10. The Labute approximate surface area is 127 Å². The van der Waals surface area contributed by atoms with Gasteiger partial charge in [-0.3, -0.25) is 9.59 Å². The lowest BCUT2D eigenvalue weighted by Gasteiger charge is -2.23. The summed E-state index contributed by atoms with van der Waals surface area (Å²) < 4.78 is 0. The largest absolute Gasteiger partial charge is 0.350 e. The van der Waals surface area contributed by atoms with Gasteiger partial charge in [0.2, 0.25) is 0 Å². The van der Waals surface area contributed by atoms with Gasteiger partial charge in [0, 0.05) is 12.2 Å². The maximum atomic E-state index is 12.1. The number of H-pyrrole nitrogens is 1. The zero-order valence-corrected chi connectivity index (χ0v) is 13.2. The number of hydrogen-bond acceptors (Lipinski definition) is 4. The standard InChI is InChI=1S/C15H19N3O2S/c1-10-4-5-12(15(20)17-10)14(19)16-8-13(18(2)3)11-6-7-21-9-11/h4-7,9,13H,8H2,1-3H3,(H,16,19)(H,17,20). The first-order chi connectivity index (χ1) is 9.99. The second kappa shape index (κ2) is 6.69. The molecular formula is C15H19N3O2S. The lowest BCUT2D eigenvalue weighted by atomic mass is 10.1. The van der Waals surface area contributed by atoms with Crippen LogP contribution in [0.4, 0.5) is 0 Å². The lowest BCUT2D eigenvalue weighted by Crippen LogP contribution is -2.36. The van der Waals surface area contributed by atoms with E-state index in [9.17, 15) is 9.59 Å². The average molecular weight is 305 g/mol. The Balaban J connectivity index is 2.07. The van der Waals surface area contributed by atoms with Gasteiger partial charge in [0.1, 0.15) is 5.56 Å². The summed E-state index contributed by atoms with van der Waals surface area (Å²) in [5.74, 6) is -0.349. The fraction of sp³-hybridized carbons (Fsp3) is 0.333. The average Bonchev–Trinajstić information content (AvgIpc) is 2.92. The van der Waals surface area contributed by atoms with E-state index in [1.54, 1.807) is 30.4 Å². The molecule has 0 saturated heterocycles. The molecule has 2 aromatic rings. The number of carbonyl (C=O) groups excluding carboxylic acids is 1. The second-order valence-corrected chi connectivity index (χ2v) is 5.91. The van der Waals surface area contributed by atoms with Crippen molar-refractivity contribution < 1.29 is 4.79 Å². The molecule has 1 amide bonds. The molecule has 2 N–H and O–H groups in total. The first kappa shape index (κ1) is 15.5. The summed E-state index contributed by atoms with van der Waals surface area (Å²) in [5.41, 5.74) is 1.68. The highest BCUT2D eigenvalue weighted by Crippen LogP contribution is 2.19. The molecule has 0 aromatic carbocycles. The van der Waals surface area contributed by atoms with Gasteiger partial charge >= 0.3 is 0 Å². The summed E-state index contributed by atoms with van der Waals surface area (Å²) in [5, 5.41) is 6.91. The minimum absolute atomic E-state index is 0.0877. The monoisotopic (exact) mass is 305 g/mol. The highest BCUT2D eigenvalue weighted by Gasteiger charge is 2.17. The topological polar surface area (TPSA) is 65.2 Å². The zero-order chi connectivity index (χ0) is 15.4. The number of rotatable bonds is 5. The van der Waals surface area contributed by atoms with Gasteiger partial charge in [0.05, 0.1) is 6.04 Å². The van der Waals surface area contributed by atoms with Crippen molar-refractivity contribution in [2.75, 3.05) is 20.6 Å². The smallest absolute Gasteiger partial charge is 0.260 e. The number of nitrogens with zero attached hydrogens (tertiary/aromatic N) is 1. The van der Waals surface area contributed by atoms with Crippen LogP contribution in [-0.2, 0) is 0 Å². The summed E-state index contributed by atoms with van der Waals surface area (Å²) in [6.45, 7) is 2.23. The van der Waals surface area contributed by atoms with Crippen molar-refractivity contribution in [3.63, 3.8) is 0 Å². The highest BCUT2D eigenvalue weighted by molar-refractivity contribution is 7.07. The van der Waals surface area contributed by atoms with Gasteiger partial charge in [0.15, 0.2) is 0 Å². The zero-order valence-electron chi connectivity index (χ0n) is 12.3. The van der Waals surface area contributed by atoms with Crippen molar-refractivity contribution in [3.8, 4) is 0 Å². The second-order valence-electron chi connectivity index (χ2n) is 5.13. The van der Waals surface area contributed by atoms with Crippen LogP contribution < -0.4 is 10.9 Å². The summed E-state index contributed by atoms with van der Waals surface area (Å²) in [6, 6.07) is 5.40. The normalized spacial score (nSPS) is 12.4. The van der Waals surface area contributed by atoms with E-state index >= 15 is 0 Å². The molecule has 5 nitrogen and oxygen atoms in total. The molecule has 0 aliphatic carbocycles. The minimum Gasteiger partial charge on any atom is -0.350 e. The molecule has 0 fully saturated rings. The van der Waals surface area contributed by atoms with Gasteiger partial charge in [0.25, 0.3) is 11.5 Å². The number of amides is 1. The summed E-state index contributed by atoms with van der Waals surface area (Å²) in [6.07, 6.45) is 0. The molecule has 1 atom stereocenters. The van der Waals surface area contributed by atoms with Crippen LogP contribution in [0, 0.1) is 6.92 Å². The van der Waals surface area contributed by atoms with Crippen LogP contribution in [0.1, 0.15) is 27.7 Å². The Morgan fingerprint density at radius 3 is 2.71 bits per heavy atom. The number of pyridine rings is 1. The van der Waals surface area contributed by atoms with Crippen LogP contribution in [0.3, 0.4) is 0 Å². The maximum absolute atomic E-state index is 12.1. The van der Waals surface area contributed by atoms with Crippen LogP contribution >= 0.6 is 11.3 Å². The molecule has 112 valence electrons. The predicted molar refractivity (Wildman–Crippen MR) is 84.9 cm³/mol. The van der Waals surface area contributed by atoms with Crippen LogP contribution in [0.2, 0.25) is 0 Å². The predicted octanol–water partition coefficient (Wildman–Crippen LogP) is 1.78. The Bertz CT molecular complexity index is 662. The van der Waals surface area contributed by atoms with Crippen molar-refractivity contribution in [1.82, 2.24) is 15.2 Å². The number of thiophene rings is 1. The Morgan fingerprint density at radius 2 is 2.14 bits per heavy atom. The van der Waals surface area contributed by atoms with Crippen molar-refractivity contribution in [2.45, 2.75) is 13.0 Å². The number of aromatic nitrogens is 1. The molecule has 0 radical (unpaired) electrons. The molecule has 6 heteroatoms. The van der Waals surface area contributed by atoms with Crippen LogP contribution in [0.25, 0.3) is 0 Å². The van der Waals surface area contributed by atoms with Crippen LogP contribution in [-0.4, -0.2) is 36.4 Å². The van der Waals surface area contributed by atoms with E-state index in [2.05, 4.69) is 15.7 Å². The van der Waals surface area contributed by atoms with E-state index in [-0.39, 0.29) is 23.1 Å². The fourth-order valence-corrected chi connectivity index (χ4v) is 2.81. The number of aromatic amines is 1. The molecule has 2 rings (SSSR count). The Morgan fingerprint density at radius 1 is 1.38 bits per heavy atom. The number of likely N-dealkylation sites (N-methyl/N-ethyl adjacent to an activating group) is 1. The summed E-state index contributed by atoms with van der Waals surface area (Å²) in [4.78, 5) is 28.6. The summed E-state index contributed by atoms with van der Waals surface area (Å²) >= 11 is 1.63. The van der Waals surface area contributed by atoms with Crippen molar-refractivity contribution >= 4 is 17.2 Å². The number of hydrogen-bond donors (Lipinski definition) is 2. The molecule has 2 aromatic heterocycles. The number of nitrogens with one attached hydrogen (secondary N) is 2. The first-order valence-electron chi connectivity index (χ1n) is 6.65. The third-order valence-corrected chi connectivity index (χ3v) is 4.01. The highest BCUT2D eigenvalue weighted by atomic mass is 32.1. The van der Waals surface area contributed by atoms with Crippen LogP contribution in [0.5, 0.6) is 0 Å². The minimum atomic E-state index is -0.357. The molecule has 0 saturated carbocycles. The lowest BCUT2D eigenvalue weighted by molar-refractivity contribution is 0.0940. The van der Waals surface area contributed by atoms with Gasteiger partial charge in [-0.15, -0.1) is 0 Å². The number of carbonyl (C=O) groups is 1. The Hall–Kier alpha value is -1.92. The first-order valence-corrected chi connectivity index (χ1v) is 7.60. The summed E-state index contributed by atoms with van der Waals surface area (Å²) in [7, 11) is 3.93. The van der Waals surface area contributed by atoms with E-state index in [0.29, 0.717) is 6.54 Å². The SMILES string of the molecule is Cc1ccc(C(=O)NCC(c2ccsc2)N(C)C)c(=O)[nH]1. The molecule has 1 unspecified atom stereocenters. The van der Waals surface area contributed by atoms with E-state index in [4.69, 9.17) is 0 Å². The maximum Gasteiger partial charge on any atom is 0.260 e. The third-order valence-electron chi connectivity index (χ3n) is 3.31. The van der Waals surface area contributed by atoms with Gasteiger partial charge in [-0.05, 0) is 55.5 Å². The van der Waals surface area contributed by atoms with E-state index < -0.39 is 0 Å². The number of aryl methyl sites for hydroxylation is 1. The quantitative estimate of drug-likeness (QED) is 0.885. The molecule has 0 spiro atoms. The molecule has 21 heavy (non-hydrogen) atoms.